The van der Waals surface area contributed by atoms with Crippen LogP contribution in [0.1, 0.15) is 37.8 Å². The molecule has 0 saturated heterocycles. The highest BCUT2D eigenvalue weighted by Gasteiger charge is 2.21. The Morgan fingerprint density at radius 2 is 2.25 bits per heavy atom. The second kappa shape index (κ2) is 4.83. The van der Waals surface area contributed by atoms with Gasteiger partial charge >= 0.3 is 0 Å². The van der Waals surface area contributed by atoms with E-state index in [-0.39, 0.29) is 11.9 Å². The molecule has 2 rings (SSSR count). The highest BCUT2D eigenvalue weighted by atomic mass is 19.1. The molecule has 0 radical (unpaired) electrons. The third-order valence-electron chi connectivity index (χ3n) is 2.96. The molecule has 0 bridgehead atoms. The second-order valence-electron chi connectivity index (χ2n) is 4.53. The fourth-order valence-electron chi connectivity index (χ4n) is 1.77. The minimum atomic E-state index is -0.314. The molecule has 1 fully saturated rings. The van der Waals surface area contributed by atoms with Gasteiger partial charge in [0.1, 0.15) is 0 Å². The number of rotatable bonds is 5. The quantitative estimate of drug-likeness (QED) is 0.832. The molecular weight excluding hydrogens is 205 g/mol. The summed E-state index contributed by atoms with van der Waals surface area (Å²) in [7, 11) is 0. The van der Waals surface area contributed by atoms with Crippen LogP contribution in [-0.2, 0) is 0 Å². The summed E-state index contributed by atoms with van der Waals surface area (Å²) in [5.74, 6) is 0.814. The van der Waals surface area contributed by atoms with Gasteiger partial charge < -0.3 is 10.5 Å². The summed E-state index contributed by atoms with van der Waals surface area (Å²) in [5.41, 5.74) is 6.53. The van der Waals surface area contributed by atoms with Crippen LogP contribution in [0.2, 0.25) is 0 Å². The first kappa shape index (κ1) is 11.4. The highest BCUT2D eigenvalue weighted by molar-refractivity contribution is 5.36. The summed E-state index contributed by atoms with van der Waals surface area (Å²) in [6, 6.07) is 4.70. The third kappa shape index (κ3) is 2.73. The van der Waals surface area contributed by atoms with Crippen LogP contribution >= 0.6 is 0 Å². The van der Waals surface area contributed by atoms with E-state index in [1.165, 1.54) is 18.9 Å². The van der Waals surface area contributed by atoms with Crippen LogP contribution in [0.15, 0.2) is 18.2 Å². The Morgan fingerprint density at radius 3 is 2.88 bits per heavy atom. The van der Waals surface area contributed by atoms with Crippen LogP contribution < -0.4 is 10.5 Å². The van der Waals surface area contributed by atoms with E-state index in [0.29, 0.717) is 12.4 Å². The van der Waals surface area contributed by atoms with Crippen molar-refractivity contribution >= 4 is 0 Å². The van der Waals surface area contributed by atoms with Crippen molar-refractivity contribution in [1.82, 2.24) is 0 Å². The van der Waals surface area contributed by atoms with E-state index in [1.54, 1.807) is 6.07 Å². The van der Waals surface area contributed by atoms with Gasteiger partial charge in [0.2, 0.25) is 0 Å². The van der Waals surface area contributed by atoms with Gasteiger partial charge in [0.25, 0.3) is 0 Å². The van der Waals surface area contributed by atoms with Crippen LogP contribution in [0.4, 0.5) is 4.39 Å². The molecular formula is C13H18FNO. The molecule has 1 saturated carbocycles. The Morgan fingerprint density at radius 1 is 1.50 bits per heavy atom. The number of halogens is 1. The maximum Gasteiger partial charge on any atom is 0.165 e. The minimum Gasteiger partial charge on any atom is -0.490 e. The van der Waals surface area contributed by atoms with E-state index in [4.69, 9.17) is 10.5 Å². The predicted octanol–water partition coefficient (Wildman–Crippen LogP) is 3.02. The van der Waals surface area contributed by atoms with Crippen molar-refractivity contribution in [1.29, 1.82) is 0 Å². The van der Waals surface area contributed by atoms with Gasteiger partial charge in [0.05, 0.1) is 6.61 Å². The van der Waals surface area contributed by atoms with Gasteiger partial charge in [-0.2, -0.15) is 0 Å². The maximum atomic E-state index is 13.6. The molecule has 2 N–H and O–H groups in total. The average molecular weight is 223 g/mol. The first-order valence-electron chi connectivity index (χ1n) is 5.85. The molecule has 1 aromatic rings. The Kier molecular flexibility index (Phi) is 3.44. The van der Waals surface area contributed by atoms with E-state index in [0.717, 1.165) is 17.9 Å². The number of hydrogen-bond acceptors (Lipinski definition) is 2. The van der Waals surface area contributed by atoms with Crippen molar-refractivity contribution in [2.45, 2.75) is 32.2 Å². The summed E-state index contributed by atoms with van der Waals surface area (Å²) < 4.78 is 19.1. The molecule has 0 spiro atoms. The summed E-state index contributed by atoms with van der Waals surface area (Å²) in [4.78, 5) is 0. The molecule has 1 aliphatic carbocycles. The number of benzene rings is 1. The molecule has 3 heteroatoms. The van der Waals surface area contributed by atoms with Crippen LogP contribution in [0.5, 0.6) is 5.75 Å². The van der Waals surface area contributed by atoms with Crippen LogP contribution in [0.25, 0.3) is 0 Å². The van der Waals surface area contributed by atoms with E-state index >= 15 is 0 Å². The SMILES string of the molecule is C[C@@H](N)c1cccc(F)c1OCCC1CC1. The topological polar surface area (TPSA) is 35.2 Å². The number of para-hydroxylation sites is 1. The zero-order chi connectivity index (χ0) is 11.5. The number of ether oxygens (including phenoxy) is 1. The molecule has 1 aliphatic rings. The number of nitrogens with two attached hydrogens (primary N) is 1. The fraction of sp³-hybridized carbons (Fsp3) is 0.538. The van der Waals surface area contributed by atoms with Crippen molar-refractivity contribution < 1.29 is 9.13 Å². The van der Waals surface area contributed by atoms with E-state index in [2.05, 4.69) is 0 Å². The first-order valence-corrected chi connectivity index (χ1v) is 5.85. The lowest BCUT2D eigenvalue weighted by Gasteiger charge is -2.14. The zero-order valence-corrected chi connectivity index (χ0v) is 9.58. The van der Waals surface area contributed by atoms with E-state index < -0.39 is 0 Å². The molecule has 0 heterocycles. The fourth-order valence-corrected chi connectivity index (χ4v) is 1.77. The lowest BCUT2D eigenvalue weighted by Crippen LogP contribution is -2.10. The molecule has 0 amide bonds. The molecule has 88 valence electrons. The van der Waals surface area contributed by atoms with Gasteiger partial charge in [0, 0.05) is 11.6 Å². The molecule has 0 aromatic heterocycles. The van der Waals surface area contributed by atoms with Crippen molar-refractivity contribution in [2.75, 3.05) is 6.61 Å². The smallest absolute Gasteiger partial charge is 0.165 e. The molecule has 0 aliphatic heterocycles. The van der Waals surface area contributed by atoms with Crippen LogP contribution in [-0.4, -0.2) is 6.61 Å². The van der Waals surface area contributed by atoms with Gasteiger partial charge in [-0.05, 0) is 25.3 Å². The van der Waals surface area contributed by atoms with Gasteiger partial charge in [-0.15, -0.1) is 0 Å². The first-order chi connectivity index (χ1) is 7.68. The standard InChI is InChI=1S/C13H18FNO/c1-9(15)11-3-2-4-12(14)13(11)16-8-7-10-5-6-10/h2-4,9-10H,5-8,15H2,1H3/t9-/m1/s1. The lowest BCUT2D eigenvalue weighted by atomic mass is 10.1. The number of hydrogen-bond donors (Lipinski definition) is 1. The Bertz CT molecular complexity index is 361. The predicted molar refractivity (Wildman–Crippen MR) is 61.8 cm³/mol. The van der Waals surface area contributed by atoms with Crippen molar-refractivity contribution in [2.24, 2.45) is 11.7 Å². The lowest BCUT2D eigenvalue weighted by molar-refractivity contribution is 0.283. The maximum absolute atomic E-state index is 13.6. The van der Waals surface area contributed by atoms with E-state index in [9.17, 15) is 4.39 Å². The van der Waals surface area contributed by atoms with E-state index in [1.807, 2.05) is 13.0 Å². The Balaban J connectivity index is 2.03. The van der Waals surface area contributed by atoms with Crippen molar-refractivity contribution in [3.63, 3.8) is 0 Å². The highest BCUT2D eigenvalue weighted by Crippen LogP contribution is 2.33. The van der Waals surface area contributed by atoms with Crippen LogP contribution in [0.3, 0.4) is 0 Å². The van der Waals surface area contributed by atoms with Crippen molar-refractivity contribution in [3.05, 3.63) is 29.6 Å². The van der Waals surface area contributed by atoms with Crippen LogP contribution in [0, 0.1) is 11.7 Å². The normalized spacial score (nSPS) is 17.2. The second-order valence-corrected chi connectivity index (χ2v) is 4.53. The minimum absolute atomic E-state index is 0.202. The van der Waals surface area contributed by atoms with Gasteiger partial charge in [-0.25, -0.2) is 4.39 Å². The summed E-state index contributed by atoms with van der Waals surface area (Å²) in [6.07, 6.45) is 3.61. The van der Waals surface area contributed by atoms with Gasteiger partial charge in [-0.3, -0.25) is 0 Å². The Hall–Kier alpha value is -1.09. The summed E-state index contributed by atoms with van der Waals surface area (Å²) in [6.45, 7) is 2.42. The monoisotopic (exact) mass is 223 g/mol. The zero-order valence-electron chi connectivity index (χ0n) is 9.58. The van der Waals surface area contributed by atoms with Gasteiger partial charge in [0.15, 0.2) is 11.6 Å². The summed E-state index contributed by atoms with van der Waals surface area (Å²) >= 11 is 0. The molecule has 16 heavy (non-hydrogen) atoms. The molecule has 1 aromatic carbocycles. The Labute approximate surface area is 95.6 Å². The largest absolute Gasteiger partial charge is 0.490 e. The third-order valence-corrected chi connectivity index (χ3v) is 2.96. The van der Waals surface area contributed by atoms with Crippen molar-refractivity contribution in [3.8, 4) is 5.75 Å². The molecule has 0 unspecified atom stereocenters. The summed E-state index contributed by atoms with van der Waals surface area (Å²) in [5, 5.41) is 0. The average Bonchev–Trinajstić information content (AvgIpc) is 3.04. The molecule has 1 atom stereocenters. The van der Waals surface area contributed by atoms with Gasteiger partial charge in [-0.1, -0.05) is 25.0 Å². The molecule has 2 nitrogen and oxygen atoms in total.